The molecule has 0 saturated carbocycles. The molecule has 1 aliphatic heterocycles. The second-order valence-corrected chi connectivity index (χ2v) is 6.37. The molecule has 0 aromatic heterocycles. The van der Waals surface area contributed by atoms with Crippen LogP contribution in [0, 0.1) is 5.41 Å². The average Bonchev–Trinajstić information content (AvgIpc) is 1.83. The summed E-state index contributed by atoms with van der Waals surface area (Å²) in [5.41, 5.74) is 0.0352. The van der Waals surface area contributed by atoms with E-state index in [9.17, 15) is 8.42 Å². The fraction of sp³-hybridized carbons (Fsp3) is 1.00. The number of nitrogens with one attached hydrogen (secondary N) is 1. The lowest BCUT2D eigenvalue weighted by molar-refractivity contribution is 0.275. The molecule has 1 atom stereocenters. The number of hydrogen-bond acceptors (Lipinski definition) is 2. The molecule has 1 N–H and O–H groups in total. The first-order valence-electron chi connectivity index (χ1n) is 4.31. The summed E-state index contributed by atoms with van der Waals surface area (Å²) in [6, 6.07) is 0.108. The number of sulfonamides is 1. The van der Waals surface area contributed by atoms with Gasteiger partial charge in [-0.1, -0.05) is 20.8 Å². The minimum Gasteiger partial charge on any atom is -0.212 e. The molecule has 1 heterocycles. The van der Waals surface area contributed by atoms with E-state index in [1.54, 1.807) is 0 Å². The summed E-state index contributed by atoms with van der Waals surface area (Å²) in [5, 5.41) is 0. The van der Waals surface area contributed by atoms with Crippen molar-refractivity contribution in [1.29, 1.82) is 0 Å². The lowest BCUT2D eigenvalue weighted by Gasteiger charge is -2.34. The van der Waals surface area contributed by atoms with Crippen LogP contribution in [0.15, 0.2) is 0 Å². The maximum absolute atomic E-state index is 11.2. The summed E-state index contributed by atoms with van der Waals surface area (Å²) in [6.07, 6.45) is 1.75. The molecular weight excluding hydrogens is 174 g/mol. The van der Waals surface area contributed by atoms with Gasteiger partial charge in [-0.2, -0.15) is 0 Å². The van der Waals surface area contributed by atoms with Crippen molar-refractivity contribution in [3.63, 3.8) is 0 Å². The molecule has 0 bridgehead atoms. The first-order valence-corrected chi connectivity index (χ1v) is 5.96. The van der Waals surface area contributed by atoms with E-state index < -0.39 is 10.0 Å². The fourth-order valence-corrected chi connectivity index (χ4v) is 2.99. The van der Waals surface area contributed by atoms with Crippen LogP contribution in [0.3, 0.4) is 0 Å². The van der Waals surface area contributed by atoms with E-state index in [2.05, 4.69) is 25.5 Å². The van der Waals surface area contributed by atoms with Gasteiger partial charge in [0, 0.05) is 6.04 Å². The molecule has 1 unspecified atom stereocenters. The third-order valence-corrected chi connectivity index (χ3v) is 3.74. The van der Waals surface area contributed by atoms with E-state index in [1.165, 1.54) is 0 Å². The summed E-state index contributed by atoms with van der Waals surface area (Å²) in [7, 11) is -2.97. The van der Waals surface area contributed by atoms with Gasteiger partial charge in [-0.15, -0.1) is 0 Å². The van der Waals surface area contributed by atoms with Gasteiger partial charge >= 0.3 is 0 Å². The van der Waals surface area contributed by atoms with Crippen molar-refractivity contribution < 1.29 is 8.42 Å². The zero-order valence-corrected chi connectivity index (χ0v) is 8.74. The molecule has 72 valence electrons. The molecule has 1 saturated heterocycles. The van der Waals surface area contributed by atoms with Gasteiger partial charge in [-0.05, 0) is 18.3 Å². The van der Waals surface area contributed by atoms with Gasteiger partial charge in [0.05, 0.1) is 5.75 Å². The Morgan fingerprint density at radius 2 is 1.92 bits per heavy atom. The van der Waals surface area contributed by atoms with E-state index in [4.69, 9.17) is 0 Å². The Morgan fingerprint density at radius 1 is 1.33 bits per heavy atom. The van der Waals surface area contributed by atoms with Crippen molar-refractivity contribution in [2.24, 2.45) is 5.41 Å². The monoisotopic (exact) mass is 191 g/mol. The van der Waals surface area contributed by atoms with Crippen molar-refractivity contribution in [2.45, 2.75) is 39.7 Å². The Kier molecular flexibility index (Phi) is 2.50. The molecule has 0 aromatic carbocycles. The van der Waals surface area contributed by atoms with Crippen molar-refractivity contribution in [3.05, 3.63) is 0 Å². The van der Waals surface area contributed by atoms with Crippen LogP contribution in [-0.4, -0.2) is 20.2 Å². The summed E-state index contributed by atoms with van der Waals surface area (Å²) in [6.45, 7) is 6.18. The molecule has 12 heavy (non-hydrogen) atoms. The highest BCUT2D eigenvalue weighted by molar-refractivity contribution is 7.89. The lowest BCUT2D eigenvalue weighted by atomic mass is 9.85. The van der Waals surface area contributed by atoms with Crippen molar-refractivity contribution in [1.82, 2.24) is 4.72 Å². The Morgan fingerprint density at radius 3 is 2.25 bits per heavy atom. The quantitative estimate of drug-likeness (QED) is 0.623. The zero-order chi connectivity index (χ0) is 9.41. The molecule has 4 heteroatoms. The van der Waals surface area contributed by atoms with Gasteiger partial charge in [0.2, 0.25) is 10.0 Å². The van der Waals surface area contributed by atoms with Gasteiger partial charge in [-0.25, -0.2) is 13.1 Å². The minimum absolute atomic E-state index is 0.0352. The van der Waals surface area contributed by atoms with Gasteiger partial charge in [0.15, 0.2) is 0 Å². The van der Waals surface area contributed by atoms with E-state index in [1.807, 2.05) is 0 Å². The maximum Gasteiger partial charge on any atom is 0.211 e. The predicted molar refractivity (Wildman–Crippen MR) is 49.4 cm³/mol. The highest BCUT2D eigenvalue weighted by atomic mass is 32.2. The van der Waals surface area contributed by atoms with Crippen LogP contribution in [0.25, 0.3) is 0 Å². The first-order chi connectivity index (χ1) is 5.31. The predicted octanol–water partition coefficient (Wildman–Crippen LogP) is 1.11. The van der Waals surface area contributed by atoms with Crippen LogP contribution in [0.5, 0.6) is 0 Å². The van der Waals surface area contributed by atoms with E-state index in [-0.39, 0.29) is 11.5 Å². The molecule has 0 radical (unpaired) electrons. The van der Waals surface area contributed by atoms with Crippen LogP contribution in [0.2, 0.25) is 0 Å². The number of hydrogen-bond donors (Lipinski definition) is 1. The van der Waals surface area contributed by atoms with Gasteiger partial charge in [-0.3, -0.25) is 0 Å². The Bertz CT molecular complexity index is 251. The average molecular weight is 191 g/mol. The molecule has 1 fully saturated rings. The van der Waals surface area contributed by atoms with Crippen LogP contribution in [0.4, 0.5) is 0 Å². The van der Waals surface area contributed by atoms with Crippen LogP contribution >= 0.6 is 0 Å². The van der Waals surface area contributed by atoms with Crippen molar-refractivity contribution in [3.8, 4) is 0 Å². The molecule has 1 aliphatic rings. The Hall–Kier alpha value is -0.0900. The van der Waals surface area contributed by atoms with Crippen LogP contribution in [0.1, 0.15) is 33.6 Å². The molecule has 0 amide bonds. The summed E-state index contributed by atoms with van der Waals surface area (Å²) >= 11 is 0. The van der Waals surface area contributed by atoms with Gasteiger partial charge in [0.25, 0.3) is 0 Å². The van der Waals surface area contributed by atoms with E-state index in [0.717, 1.165) is 12.8 Å². The third kappa shape index (κ3) is 2.45. The number of rotatable bonds is 0. The van der Waals surface area contributed by atoms with E-state index in [0.29, 0.717) is 5.75 Å². The molecule has 3 nitrogen and oxygen atoms in total. The minimum atomic E-state index is -2.97. The topological polar surface area (TPSA) is 46.2 Å². The smallest absolute Gasteiger partial charge is 0.211 e. The van der Waals surface area contributed by atoms with Crippen LogP contribution < -0.4 is 4.72 Å². The lowest BCUT2D eigenvalue weighted by Crippen LogP contribution is -2.47. The maximum atomic E-state index is 11.2. The second-order valence-electron chi connectivity index (χ2n) is 4.50. The SMILES string of the molecule is CC(C)(C)C1CCCS(=O)(=O)N1. The first kappa shape index (κ1) is 9.99. The molecule has 1 rings (SSSR count). The molecule has 0 aliphatic carbocycles. The zero-order valence-electron chi connectivity index (χ0n) is 7.92. The van der Waals surface area contributed by atoms with Crippen LogP contribution in [-0.2, 0) is 10.0 Å². The third-order valence-electron chi connectivity index (χ3n) is 2.27. The van der Waals surface area contributed by atoms with Crippen molar-refractivity contribution in [2.75, 3.05) is 5.75 Å². The second kappa shape index (κ2) is 3.00. The molecule has 0 spiro atoms. The molecular formula is C8H17NO2S. The summed E-state index contributed by atoms with van der Waals surface area (Å²) in [5.74, 6) is 0.291. The Labute approximate surface area is 74.6 Å². The molecule has 0 aromatic rings. The van der Waals surface area contributed by atoms with Gasteiger partial charge < -0.3 is 0 Å². The van der Waals surface area contributed by atoms with E-state index >= 15 is 0 Å². The highest BCUT2D eigenvalue weighted by Gasteiger charge is 2.31. The highest BCUT2D eigenvalue weighted by Crippen LogP contribution is 2.26. The summed E-state index contributed by atoms with van der Waals surface area (Å²) < 4.78 is 25.1. The van der Waals surface area contributed by atoms with Gasteiger partial charge in [0.1, 0.15) is 0 Å². The fourth-order valence-electron chi connectivity index (χ4n) is 1.42. The standard InChI is InChI=1S/C8H17NO2S/c1-8(2,3)7-5-4-6-12(10,11)9-7/h7,9H,4-6H2,1-3H3. The van der Waals surface area contributed by atoms with Crippen molar-refractivity contribution >= 4 is 10.0 Å². The Balaban J connectivity index is 2.71. The summed E-state index contributed by atoms with van der Waals surface area (Å²) in [4.78, 5) is 0. The normalized spacial score (nSPS) is 30.1. The largest absolute Gasteiger partial charge is 0.212 e.